The molecule has 0 aromatic heterocycles. The van der Waals surface area contributed by atoms with E-state index in [-0.39, 0.29) is 5.97 Å². The number of rotatable bonds is 3. The standard InChI is InChI=1S/C15H14O2/c1-11(15(16)17-2)9-12-7-8-13-5-3-4-6-14(13)10-12/h3-8,10H,1,9H2,2H3. The van der Waals surface area contributed by atoms with Crippen molar-refractivity contribution in [3.63, 3.8) is 0 Å². The Morgan fingerprint density at radius 1 is 1.18 bits per heavy atom. The molecule has 0 heterocycles. The molecular weight excluding hydrogens is 212 g/mol. The number of fused-ring (bicyclic) bond motifs is 1. The van der Waals surface area contributed by atoms with E-state index < -0.39 is 0 Å². The quantitative estimate of drug-likeness (QED) is 0.593. The van der Waals surface area contributed by atoms with E-state index in [0.717, 1.165) is 5.56 Å². The summed E-state index contributed by atoms with van der Waals surface area (Å²) in [5.74, 6) is -0.349. The van der Waals surface area contributed by atoms with E-state index in [1.165, 1.54) is 17.9 Å². The highest BCUT2D eigenvalue weighted by Gasteiger charge is 2.07. The van der Waals surface area contributed by atoms with Crippen molar-refractivity contribution in [2.75, 3.05) is 7.11 Å². The molecule has 0 aliphatic rings. The van der Waals surface area contributed by atoms with Crippen molar-refractivity contribution in [3.8, 4) is 0 Å². The molecule has 2 aromatic carbocycles. The van der Waals surface area contributed by atoms with E-state index in [0.29, 0.717) is 12.0 Å². The number of carbonyl (C=O) groups is 1. The van der Waals surface area contributed by atoms with Crippen LogP contribution in [0.4, 0.5) is 0 Å². The van der Waals surface area contributed by atoms with Gasteiger partial charge in [-0.3, -0.25) is 0 Å². The summed E-state index contributed by atoms with van der Waals surface area (Å²) >= 11 is 0. The summed E-state index contributed by atoms with van der Waals surface area (Å²) in [6.45, 7) is 3.73. The van der Waals surface area contributed by atoms with Crippen LogP contribution in [0.1, 0.15) is 5.56 Å². The number of hydrogen-bond acceptors (Lipinski definition) is 2. The molecule has 0 fully saturated rings. The highest BCUT2D eigenvalue weighted by molar-refractivity contribution is 5.88. The van der Waals surface area contributed by atoms with Crippen molar-refractivity contribution in [1.82, 2.24) is 0 Å². The zero-order valence-electron chi connectivity index (χ0n) is 9.77. The van der Waals surface area contributed by atoms with Crippen LogP contribution in [0, 0.1) is 0 Å². The molecule has 0 atom stereocenters. The lowest BCUT2D eigenvalue weighted by atomic mass is 10.0. The maximum atomic E-state index is 11.3. The van der Waals surface area contributed by atoms with Gasteiger partial charge < -0.3 is 4.74 Å². The van der Waals surface area contributed by atoms with Gasteiger partial charge in [0.1, 0.15) is 0 Å². The van der Waals surface area contributed by atoms with Crippen LogP contribution in [-0.4, -0.2) is 13.1 Å². The maximum Gasteiger partial charge on any atom is 0.333 e. The van der Waals surface area contributed by atoms with Crippen molar-refractivity contribution in [2.24, 2.45) is 0 Å². The molecule has 0 N–H and O–H groups in total. The predicted octanol–water partition coefficient (Wildman–Crippen LogP) is 3.11. The molecule has 0 aliphatic heterocycles. The second-order valence-electron chi connectivity index (χ2n) is 3.95. The summed E-state index contributed by atoms with van der Waals surface area (Å²) in [7, 11) is 1.37. The lowest BCUT2D eigenvalue weighted by molar-refractivity contribution is -0.136. The molecule has 0 aliphatic carbocycles. The fourth-order valence-electron chi connectivity index (χ4n) is 1.81. The molecule has 2 aromatic rings. The molecule has 17 heavy (non-hydrogen) atoms. The Morgan fingerprint density at radius 2 is 1.88 bits per heavy atom. The molecule has 0 saturated carbocycles. The van der Waals surface area contributed by atoms with Gasteiger partial charge >= 0.3 is 5.97 Å². The summed E-state index contributed by atoms with van der Waals surface area (Å²) in [6, 6.07) is 14.3. The average Bonchev–Trinajstić information content (AvgIpc) is 2.37. The fourth-order valence-corrected chi connectivity index (χ4v) is 1.81. The van der Waals surface area contributed by atoms with Crippen molar-refractivity contribution in [2.45, 2.75) is 6.42 Å². The van der Waals surface area contributed by atoms with E-state index in [9.17, 15) is 4.79 Å². The average molecular weight is 226 g/mol. The SMILES string of the molecule is C=C(Cc1ccc2ccccc2c1)C(=O)OC. The Balaban J connectivity index is 2.25. The molecule has 0 saturated heterocycles. The molecule has 2 rings (SSSR count). The number of hydrogen-bond donors (Lipinski definition) is 0. The second kappa shape index (κ2) is 4.83. The van der Waals surface area contributed by atoms with Gasteiger partial charge in [0.25, 0.3) is 0 Å². The first-order valence-electron chi connectivity index (χ1n) is 5.44. The smallest absolute Gasteiger partial charge is 0.333 e. The Kier molecular flexibility index (Phi) is 3.24. The molecule has 2 heteroatoms. The van der Waals surface area contributed by atoms with Crippen LogP contribution in [0.25, 0.3) is 10.8 Å². The molecule has 0 bridgehead atoms. The Bertz CT molecular complexity index is 570. The first-order valence-corrected chi connectivity index (χ1v) is 5.44. The van der Waals surface area contributed by atoms with Crippen molar-refractivity contribution < 1.29 is 9.53 Å². The number of ether oxygens (including phenoxy) is 1. The lowest BCUT2D eigenvalue weighted by Gasteiger charge is -2.05. The van der Waals surface area contributed by atoms with Gasteiger partial charge in [-0.15, -0.1) is 0 Å². The fraction of sp³-hybridized carbons (Fsp3) is 0.133. The monoisotopic (exact) mass is 226 g/mol. The largest absolute Gasteiger partial charge is 0.466 e. The summed E-state index contributed by atoms with van der Waals surface area (Å²) in [6.07, 6.45) is 0.525. The summed E-state index contributed by atoms with van der Waals surface area (Å²) < 4.78 is 4.63. The number of methoxy groups -OCH3 is 1. The van der Waals surface area contributed by atoms with Gasteiger partial charge in [-0.05, 0) is 16.3 Å². The van der Waals surface area contributed by atoms with E-state index in [2.05, 4.69) is 35.6 Å². The third-order valence-electron chi connectivity index (χ3n) is 2.71. The summed E-state index contributed by atoms with van der Waals surface area (Å²) in [5, 5.41) is 2.36. The van der Waals surface area contributed by atoms with Gasteiger partial charge in [0.15, 0.2) is 0 Å². The molecule has 0 amide bonds. The lowest BCUT2D eigenvalue weighted by Crippen LogP contribution is -2.05. The van der Waals surface area contributed by atoms with Crippen LogP contribution in [0.3, 0.4) is 0 Å². The minimum atomic E-state index is -0.349. The van der Waals surface area contributed by atoms with Crippen LogP contribution in [0.5, 0.6) is 0 Å². The number of esters is 1. The van der Waals surface area contributed by atoms with Crippen LogP contribution in [0.15, 0.2) is 54.6 Å². The van der Waals surface area contributed by atoms with E-state index >= 15 is 0 Å². The second-order valence-corrected chi connectivity index (χ2v) is 3.95. The molecule has 2 nitrogen and oxygen atoms in total. The zero-order valence-corrected chi connectivity index (χ0v) is 9.77. The van der Waals surface area contributed by atoms with E-state index in [1.807, 2.05) is 18.2 Å². The first kappa shape index (κ1) is 11.4. The van der Waals surface area contributed by atoms with Gasteiger partial charge in [0.05, 0.1) is 7.11 Å². The molecule has 86 valence electrons. The Labute approximate surface area is 101 Å². The minimum Gasteiger partial charge on any atom is -0.466 e. The number of benzene rings is 2. The van der Waals surface area contributed by atoms with Crippen LogP contribution in [0.2, 0.25) is 0 Å². The predicted molar refractivity (Wildman–Crippen MR) is 68.8 cm³/mol. The first-order chi connectivity index (χ1) is 8.20. The topological polar surface area (TPSA) is 26.3 Å². The zero-order chi connectivity index (χ0) is 12.3. The van der Waals surface area contributed by atoms with Crippen LogP contribution < -0.4 is 0 Å². The third kappa shape index (κ3) is 2.53. The van der Waals surface area contributed by atoms with Gasteiger partial charge in [-0.1, -0.05) is 49.0 Å². The van der Waals surface area contributed by atoms with Gasteiger partial charge in [0, 0.05) is 12.0 Å². The van der Waals surface area contributed by atoms with Gasteiger partial charge in [0.2, 0.25) is 0 Å². The molecule has 0 spiro atoms. The minimum absolute atomic E-state index is 0.349. The van der Waals surface area contributed by atoms with Crippen LogP contribution >= 0.6 is 0 Å². The van der Waals surface area contributed by atoms with Gasteiger partial charge in [-0.25, -0.2) is 4.79 Å². The highest BCUT2D eigenvalue weighted by atomic mass is 16.5. The molecule has 0 unspecified atom stereocenters. The maximum absolute atomic E-state index is 11.3. The highest BCUT2D eigenvalue weighted by Crippen LogP contribution is 2.17. The van der Waals surface area contributed by atoms with Crippen molar-refractivity contribution in [1.29, 1.82) is 0 Å². The summed E-state index contributed by atoms with van der Waals surface area (Å²) in [5.41, 5.74) is 1.54. The Hall–Kier alpha value is -2.09. The Morgan fingerprint density at radius 3 is 2.59 bits per heavy atom. The van der Waals surface area contributed by atoms with E-state index in [4.69, 9.17) is 0 Å². The molecule has 0 radical (unpaired) electrons. The summed E-state index contributed by atoms with van der Waals surface area (Å²) in [4.78, 5) is 11.3. The normalized spacial score (nSPS) is 10.2. The van der Waals surface area contributed by atoms with Crippen molar-refractivity contribution >= 4 is 16.7 Å². The van der Waals surface area contributed by atoms with Crippen molar-refractivity contribution in [3.05, 3.63) is 60.2 Å². The van der Waals surface area contributed by atoms with Gasteiger partial charge in [-0.2, -0.15) is 0 Å². The molecular formula is C15H14O2. The van der Waals surface area contributed by atoms with E-state index in [1.54, 1.807) is 0 Å². The number of carbonyl (C=O) groups excluding carboxylic acids is 1. The third-order valence-corrected chi connectivity index (χ3v) is 2.71. The van der Waals surface area contributed by atoms with Crippen LogP contribution in [-0.2, 0) is 16.0 Å².